The summed E-state index contributed by atoms with van der Waals surface area (Å²) in [6, 6.07) is 1.44. The molecule has 3 N–H and O–H groups in total. The van der Waals surface area contributed by atoms with Gasteiger partial charge in [0, 0.05) is 11.8 Å². The first-order valence-electron chi connectivity index (χ1n) is 5.25. The molecule has 3 rings (SSSR count). The molecule has 2 aromatic rings. The van der Waals surface area contributed by atoms with Crippen LogP contribution in [0.2, 0.25) is 0 Å². The van der Waals surface area contributed by atoms with Gasteiger partial charge in [-0.1, -0.05) is 0 Å². The monoisotopic (exact) mass is 261 g/mol. The number of nitrogens with zero attached hydrogens (tertiary/aromatic N) is 3. The molecular formula is C10H7N5O4. The fourth-order valence-corrected chi connectivity index (χ4v) is 1.90. The zero-order chi connectivity index (χ0) is 13.6. The van der Waals surface area contributed by atoms with Crippen molar-refractivity contribution in [3.63, 3.8) is 0 Å². The van der Waals surface area contributed by atoms with Gasteiger partial charge in [0.25, 0.3) is 11.5 Å². The second kappa shape index (κ2) is 3.85. The number of fused-ring (bicyclic) bond motifs is 1. The molecule has 1 unspecified atom stereocenters. The Kier molecular flexibility index (Phi) is 2.29. The van der Waals surface area contributed by atoms with Gasteiger partial charge < -0.3 is 10.1 Å². The SMILES string of the molecule is O=C1c2nnccc2C(O)N1c1c[nH]c(=O)[nH]c1=O. The Hall–Kier alpha value is -2.81. The molecule has 2 aromatic heterocycles. The molecule has 0 saturated heterocycles. The molecular weight excluding hydrogens is 254 g/mol. The second-order valence-corrected chi connectivity index (χ2v) is 3.84. The number of anilines is 1. The van der Waals surface area contributed by atoms with Crippen LogP contribution < -0.4 is 16.1 Å². The number of nitrogens with one attached hydrogen (secondary N) is 2. The van der Waals surface area contributed by atoms with Crippen molar-refractivity contribution in [1.82, 2.24) is 20.2 Å². The van der Waals surface area contributed by atoms with Crippen LogP contribution in [0, 0.1) is 0 Å². The van der Waals surface area contributed by atoms with Crippen molar-refractivity contribution in [3.05, 3.63) is 50.6 Å². The molecule has 1 amide bonds. The van der Waals surface area contributed by atoms with Gasteiger partial charge in [0.15, 0.2) is 11.9 Å². The maximum Gasteiger partial charge on any atom is 0.325 e. The Balaban J connectivity index is 2.16. The highest BCUT2D eigenvalue weighted by Gasteiger charge is 2.39. The van der Waals surface area contributed by atoms with Crippen molar-refractivity contribution in [2.75, 3.05) is 4.90 Å². The predicted molar refractivity (Wildman–Crippen MR) is 61.5 cm³/mol. The van der Waals surface area contributed by atoms with Crippen LogP contribution in [0.4, 0.5) is 5.69 Å². The Morgan fingerprint density at radius 1 is 1.32 bits per heavy atom. The summed E-state index contributed by atoms with van der Waals surface area (Å²) in [5.74, 6) is -0.659. The number of carbonyl (C=O) groups is 1. The lowest BCUT2D eigenvalue weighted by atomic mass is 10.2. The number of aliphatic hydroxyl groups excluding tert-OH is 1. The van der Waals surface area contributed by atoms with E-state index >= 15 is 0 Å². The van der Waals surface area contributed by atoms with E-state index in [1.165, 1.54) is 12.3 Å². The van der Waals surface area contributed by atoms with E-state index in [1.807, 2.05) is 4.98 Å². The van der Waals surface area contributed by atoms with Crippen LogP contribution in [0.25, 0.3) is 0 Å². The van der Waals surface area contributed by atoms with Crippen molar-refractivity contribution >= 4 is 11.6 Å². The highest BCUT2D eigenvalue weighted by atomic mass is 16.3. The number of aliphatic hydroxyl groups is 1. The number of H-pyrrole nitrogens is 2. The normalized spacial score (nSPS) is 17.6. The molecule has 0 aliphatic carbocycles. The lowest BCUT2D eigenvalue weighted by molar-refractivity contribution is 0.0931. The second-order valence-electron chi connectivity index (χ2n) is 3.84. The first-order valence-corrected chi connectivity index (χ1v) is 5.25. The summed E-state index contributed by atoms with van der Waals surface area (Å²) in [5, 5.41) is 17.2. The Morgan fingerprint density at radius 2 is 2.11 bits per heavy atom. The topological polar surface area (TPSA) is 132 Å². The number of hydrogen-bond acceptors (Lipinski definition) is 6. The van der Waals surface area contributed by atoms with Gasteiger partial charge in [0.1, 0.15) is 5.69 Å². The summed E-state index contributed by atoms with van der Waals surface area (Å²) in [6.07, 6.45) is 1.04. The number of carbonyl (C=O) groups excluding carboxylic acids is 1. The lowest BCUT2D eigenvalue weighted by Gasteiger charge is -2.18. The van der Waals surface area contributed by atoms with E-state index < -0.39 is 23.4 Å². The Bertz CT molecular complexity index is 780. The van der Waals surface area contributed by atoms with E-state index in [-0.39, 0.29) is 16.9 Å². The predicted octanol–water partition coefficient (Wildman–Crippen LogP) is -1.50. The van der Waals surface area contributed by atoms with Crippen molar-refractivity contribution < 1.29 is 9.90 Å². The molecule has 96 valence electrons. The molecule has 1 atom stereocenters. The molecule has 0 fully saturated rings. The highest BCUT2D eigenvalue weighted by Crippen LogP contribution is 2.31. The highest BCUT2D eigenvalue weighted by molar-refractivity contribution is 6.09. The first-order chi connectivity index (χ1) is 9.09. The van der Waals surface area contributed by atoms with Crippen LogP contribution in [0.5, 0.6) is 0 Å². The zero-order valence-corrected chi connectivity index (χ0v) is 9.32. The number of hydrogen-bond donors (Lipinski definition) is 3. The van der Waals surface area contributed by atoms with E-state index in [4.69, 9.17) is 0 Å². The standard InChI is InChI=1S/C10H7N5O4/c16-7-5(3-11-10(19)13-7)15-8(17)4-1-2-12-14-6(4)9(15)18/h1-3,8,17H,(H2,11,13,16,19). The molecule has 0 radical (unpaired) electrons. The average Bonchev–Trinajstić information content (AvgIpc) is 2.64. The molecule has 0 saturated carbocycles. The minimum Gasteiger partial charge on any atom is -0.369 e. The fourth-order valence-electron chi connectivity index (χ4n) is 1.90. The van der Waals surface area contributed by atoms with Gasteiger partial charge in [-0.15, -0.1) is 5.10 Å². The maximum atomic E-state index is 12.1. The van der Waals surface area contributed by atoms with Gasteiger partial charge in [-0.05, 0) is 6.07 Å². The van der Waals surface area contributed by atoms with Gasteiger partial charge in [-0.2, -0.15) is 5.10 Å². The largest absolute Gasteiger partial charge is 0.369 e. The fraction of sp³-hybridized carbons (Fsp3) is 0.100. The summed E-state index contributed by atoms with van der Waals surface area (Å²) in [5.41, 5.74) is -1.43. The van der Waals surface area contributed by atoms with Gasteiger partial charge in [0.2, 0.25) is 0 Å². The first kappa shape index (κ1) is 11.3. The minimum atomic E-state index is -1.34. The molecule has 19 heavy (non-hydrogen) atoms. The van der Waals surface area contributed by atoms with Gasteiger partial charge in [0.05, 0.1) is 6.20 Å². The van der Waals surface area contributed by atoms with E-state index in [2.05, 4.69) is 15.2 Å². The molecule has 1 aliphatic heterocycles. The summed E-state index contributed by atoms with van der Waals surface area (Å²) in [6.45, 7) is 0. The number of aromatic nitrogens is 4. The summed E-state index contributed by atoms with van der Waals surface area (Å²) in [4.78, 5) is 39.7. The van der Waals surface area contributed by atoms with Gasteiger partial charge in [-0.25, -0.2) is 4.79 Å². The molecule has 1 aliphatic rings. The third kappa shape index (κ3) is 1.56. The van der Waals surface area contributed by atoms with Crippen molar-refractivity contribution in [2.24, 2.45) is 0 Å². The summed E-state index contributed by atoms with van der Waals surface area (Å²) >= 11 is 0. The van der Waals surface area contributed by atoms with E-state index in [0.717, 1.165) is 11.1 Å². The summed E-state index contributed by atoms with van der Waals surface area (Å²) in [7, 11) is 0. The van der Waals surface area contributed by atoms with E-state index in [1.54, 1.807) is 0 Å². The van der Waals surface area contributed by atoms with Crippen LogP contribution in [-0.4, -0.2) is 31.2 Å². The third-order valence-electron chi connectivity index (χ3n) is 2.76. The van der Waals surface area contributed by atoms with Crippen molar-refractivity contribution in [2.45, 2.75) is 6.23 Å². The lowest BCUT2D eigenvalue weighted by Crippen LogP contribution is -2.35. The maximum absolute atomic E-state index is 12.1. The van der Waals surface area contributed by atoms with Crippen molar-refractivity contribution in [1.29, 1.82) is 0 Å². The molecule has 0 aromatic carbocycles. The van der Waals surface area contributed by atoms with Gasteiger partial charge in [-0.3, -0.25) is 19.5 Å². The van der Waals surface area contributed by atoms with E-state index in [0.29, 0.717) is 0 Å². The van der Waals surface area contributed by atoms with Crippen LogP contribution in [0.1, 0.15) is 22.3 Å². The van der Waals surface area contributed by atoms with Crippen LogP contribution in [0.3, 0.4) is 0 Å². The molecule has 0 bridgehead atoms. The average molecular weight is 261 g/mol. The van der Waals surface area contributed by atoms with Crippen LogP contribution >= 0.6 is 0 Å². The van der Waals surface area contributed by atoms with E-state index in [9.17, 15) is 19.5 Å². The molecule has 9 nitrogen and oxygen atoms in total. The molecule has 9 heteroatoms. The van der Waals surface area contributed by atoms with Crippen molar-refractivity contribution in [3.8, 4) is 0 Å². The Labute approximate surface area is 104 Å². The number of rotatable bonds is 1. The third-order valence-corrected chi connectivity index (χ3v) is 2.76. The molecule has 3 heterocycles. The van der Waals surface area contributed by atoms with Gasteiger partial charge >= 0.3 is 5.69 Å². The quantitative estimate of drug-likeness (QED) is 0.572. The summed E-state index contributed by atoms with van der Waals surface area (Å²) < 4.78 is 0. The van der Waals surface area contributed by atoms with Crippen LogP contribution in [0.15, 0.2) is 28.0 Å². The smallest absolute Gasteiger partial charge is 0.325 e. The molecule has 0 spiro atoms. The van der Waals surface area contributed by atoms with Crippen LogP contribution in [-0.2, 0) is 0 Å². The minimum absolute atomic E-state index is 0.0272. The number of amides is 1. The Morgan fingerprint density at radius 3 is 2.79 bits per heavy atom. The number of aromatic amines is 2. The zero-order valence-electron chi connectivity index (χ0n) is 9.32.